The summed E-state index contributed by atoms with van der Waals surface area (Å²) < 4.78 is 32.5. The second-order valence-corrected chi connectivity index (χ2v) is 11.0. The van der Waals surface area contributed by atoms with Gasteiger partial charge in [-0.15, -0.1) is 0 Å². The van der Waals surface area contributed by atoms with E-state index in [1.165, 1.54) is 17.8 Å². The Hall–Kier alpha value is -3.40. The highest BCUT2D eigenvalue weighted by atomic mass is 79.9. The monoisotopic (exact) mass is 564 g/mol. The van der Waals surface area contributed by atoms with Crippen molar-refractivity contribution in [2.24, 2.45) is 4.99 Å². The number of aliphatic imine (C=N–C) groups is 1. The maximum Gasteiger partial charge on any atom is 0.339 e. The van der Waals surface area contributed by atoms with Gasteiger partial charge in [-0.25, -0.2) is 4.99 Å². The SMILES string of the molecule is O=C1NC(=Nc2ccc(Br)cc2)S/C1=C\c1ccccc1OS(=O)(=O)c1ccc2ccccc2c1. The number of amidine groups is 1. The first-order valence-electron chi connectivity index (χ1n) is 10.4. The molecule has 1 N–H and O–H groups in total. The van der Waals surface area contributed by atoms with E-state index in [0.29, 0.717) is 21.3 Å². The first kappa shape index (κ1) is 23.3. The Balaban J connectivity index is 1.41. The van der Waals surface area contributed by atoms with Crippen molar-refractivity contribution in [2.75, 3.05) is 0 Å². The molecule has 4 aromatic carbocycles. The first-order valence-corrected chi connectivity index (χ1v) is 13.5. The Labute approximate surface area is 215 Å². The molecule has 1 aliphatic heterocycles. The topological polar surface area (TPSA) is 84.8 Å². The van der Waals surface area contributed by atoms with Gasteiger partial charge in [0.25, 0.3) is 5.91 Å². The van der Waals surface area contributed by atoms with Crippen LogP contribution in [0.15, 0.2) is 110 Å². The fourth-order valence-corrected chi connectivity index (χ4v) is 5.51. The number of nitrogens with zero attached hydrogens (tertiary/aromatic N) is 1. The summed E-state index contributed by atoms with van der Waals surface area (Å²) in [7, 11) is -4.09. The van der Waals surface area contributed by atoms with E-state index >= 15 is 0 Å². The summed E-state index contributed by atoms with van der Waals surface area (Å²) in [5, 5.41) is 4.90. The van der Waals surface area contributed by atoms with Crippen LogP contribution in [0, 0.1) is 0 Å². The van der Waals surface area contributed by atoms with Gasteiger partial charge in [0.2, 0.25) is 0 Å². The molecule has 1 aliphatic rings. The van der Waals surface area contributed by atoms with Crippen LogP contribution in [0.1, 0.15) is 5.56 Å². The number of halogens is 1. The summed E-state index contributed by atoms with van der Waals surface area (Å²) in [5.41, 5.74) is 1.15. The van der Waals surface area contributed by atoms with Crippen molar-refractivity contribution in [3.8, 4) is 5.75 Å². The van der Waals surface area contributed by atoms with E-state index in [-0.39, 0.29) is 16.6 Å². The predicted octanol–water partition coefficient (Wildman–Crippen LogP) is 6.26. The minimum absolute atomic E-state index is 0.0514. The van der Waals surface area contributed by atoms with Crippen LogP contribution in [0.2, 0.25) is 0 Å². The van der Waals surface area contributed by atoms with Crippen molar-refractivity contribution < 1.29 is 17.4 Å². The minimum atomic E-state index is -4.09. The van der Waals surface area contributed by atoms with E-state index in [2.05, 4.69) is 26.2 Å². The highest BCUT2D eigenvalue weighted by molar-refractivity contribution is 9.10. The quantitative estimate of drug-likeness (QED) is 0.228. The Morgan fingerprint density at radius 3 is 2.40 bits per heavy atom. The molecule has 1 amide bonds. The summed E-state index contributed by atoms with van der Waals surface area (Å²) in [6.45, 7) is 0. The molecule has 9 heteroatoms. The maximum absolute atomic E-state index is 13.0. The zero-order valence-electron chi connectivity index (χ0n) is 18.0. The van der Waals surface area contributed by atoms with Gasteiger partial charge in [0.15, 0.2) is 5.17 Å². The molecule has 174 valence electrons. The lowest BCUT2D eigenvalue weighted by molar-refractivity contribution is -0.115. The lowest BCUT2D eigenvalue weighted by Crippen LogP contribution is -2.19. The van der Waals surface area contributed by atoms with Crippen LogP contribution in [-0.2, 0) is 14.9 Å². The van der Waals surface area contributed by atoms with Crippen LogP contribution in [0.3, 0.4) is 0 Å². The Kier molecular flexibility index (Phi) is 6.46. The molecule has 1 heterocycles. The second-order valence-electron chi connectivity index (χ2n) is 7.54. The molecule has 35 heavy (non-hydrogen) atoms. The smallest absolute Gasteiger partial charge is 0.339 e. The van der Waals surface area contributed by atoms with Gasteiger partial charge in [0, 0.05) is 10.0 Å². The van der Waals surface area contributed by atoms with Gasteiger partial charge < -0.3 is 9.50 Å². The number of hydrogen-bond donors (Lipinski definition) is 1. The number of thioether (sulfide) groups is 1. The van der Waals surface area contributed by atoms with Gasteiger partial charge in [-0.1, -0.05) is 64.5 Å². The average molecular weight is 565 g/mol. The number of carbonyl (C=O) groups excluding carboxylic acids is 1. The van der Waals surface area contributed by atoms with E-state index in [1.807, 2.05) is 48.5 Å². The molecule has 0 atom stereocenters. The number of para-hydroxylation sites is 1. The van der Waals surface area contributed by atoms with Crippen molar-refractivity contribution in [3.63, 3.8) is 0 Å². The predicted molar refractivity (Wildman–Crippen MR) is 143 cm³/mol. The van der Waals surface area contributed by atoms with E-state index in [0.717, 1.165) is 15.2 Å². The molecule has 0 spiro atoms. The van der Waals surface area contributed by atoms with Crippen molar-refractivity contribution >= 4 is 71.4 Å². The molecule has 5 rings (SSSR count). The van der Waals surface area contributed by atoms with Crippen LogP contribution >= 0.6 is 27.7 Å². The number of nitrogens with one attached hydrogen (secondary N) is 1. The zero-order valence-corrected chi connectivity index (χ0v) is 21.2. The third kappa shape index (κ3) is 5.32. The van der Waals surface area contributed by atoms with Crippen molar-refractivity contribution in [1.29, 1.82) is 0 Å². The molecule has 0 radical (unpaired) electrons. The van der Waals surface area contributed by atoms with Crippen molar-refractivity contribution in [1.82, 2.24) is 5.32 Å². The van der Waals surface area contributed by atoms with E-state index < -0.39 is 10.1 Å². The number of carbonyl (C=O) groups is 1. The molecule has 6 nitrogen and oxygen atoms in total. The Bertz CT molecular complexity index is 1610. The normalized spacial score (nSPS) is 16.1. The molecule has 0 aliphatic carbocycles. The zero-order chi connectivity index (χ0) is 24.4. The number of rotatable bonds is 5. The number of amides is 1. The molecule has 0 aromatic heterocycles. The van der Waals surface area contributed by atoms with E-state index in [1.54, 1.807) is 42.5 Å². The molecular formula is C26H17BrN2O4S2. The van der Waals surface area contributed by atoms with Gasteiger partial charge in [0.05, 0.1) is 10.6 Å². The minimum Gasteiger partial charge on any atom is -0.378 e. The van der Waals surface area contributed by atoms with Gasteiger partial charge >= 0.3 is 10.1 Å². The van der Waals surface area contributed by atoms with Gasteiger partial charge in [-0.2, -0.15) is 8.42 Å². The summed E-state index contributed by atoms with van der Waals surface area (Å²) >= 11 is 4.55. The molecule has 0 bridgehead atoms. The van der Waals surface area contributed by atoms with Crippen LogP contribution in [-0.4, -0.2) is 19.5 Å². The van der Waals surface area contributed by atoms with E-state index in [4.69, 9.17) is 4.18 Å². The largest absolute Gasteiger partial charge is 0.378 e. The Morgan fingerprint density at radius 1 is 0.886 bits per heavy atom. The summed E-state index contributed by atoms with van der Waals surface area (Å²) in [6.07, 6.45) is 1.59. The fraction of sp³-hybridized carbons (Fsp3) is 0. The summed E-state index contributed by atoms with van der Waals surface area (Å²) in [4.78, 5) is 17.4. The summed E-state index contributed by atoms with van der Waals surface area (Å²) in [5.74, 6) is -0.196. The maximum atomic E-state index is 13.0. The third-order valence-corrected chi connectivity index (χ3v) is 7.79. The second kappa shape index (κ2) is 9.69. The average Bonchev–Trinajstić information content (AvgIpc) is 3.19. The van der Waals surface area contributed by atoms with Crippen LogP contribution < -0.4 is 9.50 Å². The lowest BCUT2D eigenvalue weighted by Gasteiger charge is -2.10. The van der Waals surface area contributed by atoms with Crippen molar-refractivity contribution in [3.05, 3.63) is 106 Å². The number of benzene rings is 4. The third-order valence-electron chi connectivity index (χ3n) is 5.12. The fourth-order valence-electron chi connectivity index (χ4n) is 3.42. The van der Waals surface area contributed by atoms with Crippen LogP contribution in [0.4, 0.5) is 5.69 Å². The Morgan fingerprint density at radius 2 is 1.60 bits per heavy atom. The lowest BCUT2D eigenvalue weighted by atomic mass is 10.1. The van der Waals surface area contributed by atoms with E-state index in [9.17, 15) is 13.2 Å². The van der Waals surface area contributed by atoms with Gasteiger partial charge in [-0.3, -0.25) is 4.79 Å². The van der Waals surface area contributed by atoms with Gasteiger partial charge in [0.1, 0.15) is 10.6 Å². The molecule has 1 fully saturated rings. The van der Waals surface area contributed by atoms with Crippen LogP contribution in [0.5, 0.6) is 5.75 Å². The number of hydrogen-bond acceptors (Lipinski definition) is 6. The standard InChI is InChI=1S/C26H17BrN2O4S2/c27-20-10-12-21(13-11-20)28-26-29-25(30)24(34-26)16-19-7-3-4-8-23(19)33-35(31,32)22-14-9-17-5-1-2-6-18(17)15-22/h1-16H,(H,28,29,30)/b24-16-. The van der Waals surface area contributed by atoms with Gasteiger partial charge in [-0.05, 0) is 71.1 Å². The first-order chi connectivity index (χ1) is 16.9. The molecule has 0 unspecified atom stereocenters. The molecular weight excluding hydrogens is 548 g/mol. The molecule has 4 aromatic rings. The van der Waals surface area contributed by atoms with Crippen LogP contribution in [0.25, 0.3) is 16.8 Å². The highest BCUT2D eigenvalue weighted by Crippen LogP contribution is 2.32. The molecule has 1 saturated heterocycles. The number of fused-ring (bicyclic) bond motifs is 1. The van der Waals surface area contributed by atoms with Crippen molar-refractivity contribution in [2.45, 2.75) is 4.90 Å². The highest BCUT2D eigenvalue weighted by Gasteiger charge is 2.25. The molecule has 0 saturated carbocycles. The summed E-state index contributed by atoms with van der Waals surface area (Å²) in [6, 6.07) is 26.4.